The van der Waals surface area contributed by atoms with Crippen molar-refractivity contribution in [1.29, 1.82) is 0 Å². The fraction of sp³-hybridized carbons (Fsp3) is 0.273. The maximum absolute atomic E-state index is 13.3. The van der Waals surface area contributed by atoms with Gasteiger partial charge in [-0.15, -0.1) is 0 Å². The summed E-state index contributed by atoms with van der Waals surface area (Å²) in [5, 5.41) is 11.1. The van der Waals surface area contributed by atoms with Crippen molar-refractivity contribution in [2.75, 3.05) is 12.0 Å². The summed E-state index contributed by atoms with van der Waals surface area (Å²) < 4.78 is 4.64. The Morgan fingerprint density at radius 1 is 1.12 bits per heavy atom. The number of nitro groups is 1. The van der Waals surface area contributed by atoms with E-state index in [-0.39, 0.29) is 34.3 Å². The Balaban J connectivity index is 1.62. The van der Waals surface area contributed by atoms with E-state index in [1.165, 1.54) is 48.4 Å². The number of anilines is 1. The first-order valence-corrected chi connectivity index (χ1v) is 10.4. The standard InChI is InChI=1S/C22H18ClN3O7/c1-33-22(30)12-2-5-15(6-3-12)25-19(27)11-18(21(25)29)24(14-7-8-14)20(28)13-4-9-16(23)17(10-13)26(31)32/h2-6,9-10,14,18H,7-8,11H2,1H3. The van der Waals surface area contributed by atoms with Gasteiger partial charge in [-0.2, -0.15) is 0 Å². The number of rotatable bonds is 6. The van der Waals surface area contributed by atoms with E-state index in [0.29, 0.717) is 12.8 Å². The Bertz CT molecular complexity index is 1180. The summed E-state index contributed by atoms with van der Waals surface area (Å²) in [6, 6.07) is 8.20. The lowest BCUT2D eigenvalue weighted by Crippen LogP contribution is -2.46. The fourth-order valence-electron chi connectivity index (χ4n) is 3.82. The van der Waals surface area contributed by atoms with Crippen LogP contribution in [0.5, 0.6) is 0 Å². The van der Waals surface area contributed by atoms with Gasteiger partial charge < -0.3 is 9.64 Å². The molecule has 1 unspecified atom stereocenters. The Kier molecular flexibility index (Phi) is 5.86. The molecule has 1 atom stereocenters. The predicted molar refractivity (Wildman–Crippen MR) is 116 cm³/mol. The van der Waals surface area contributed by atoms with Crippen molar-refractivity contribution in [2.45, 2.75) is 31.3 Å². The van der Waals surface area contributed by atoms with Gasteiger partial charge in [-0.3, -0.25) is 24.5 Å². The molecule has 1 saturated carbocycles. The molecule has 2 aliphatic rings. The van der Waals surface area contributed by atoms with Gasteiger partial charge in [0.25, 0.3) is 17.5 Å². The number of nitrogens with zero attached hydrogens (tertiary/aromatic N) is 3. The average Bonchev–Trinajstić information content (AvgIpc) is 3.59. The molecule has 2 aromatic rings. The monoisotopic (exact) mass is 471 g/mol. The van der Waals surface area contributed by atoms with Crippen LogP contribution in [0.1, 0.15) is 40.0 Å². The van der Waals surface area contributed by atoms with Gasteiger partial charge in [-0.05, 0) is 49.2 Å². The second-order valence-corrected chi connectivity index (χ2v) is 8.10. The normalized spacial score (nSPS) is 17.8. The fourth-order valence-corrected chi connectivity index (χ4v) is 4.00. The minimum absolute atomic E-state index is 0.0131. The first-order valence-electron chi connectivity index (χ1n) is 10.0. The zero-order valence-electron chi connectivity index (χ0n) is 17.4. The van der Waals surface area contributed by atoms with Gasteiger partial charge in [-0.1, -0.05) is 11.6 Å². The van der Waals surface area contributed by atoms with E-state index in [2.05, 4.69) is 4.74 Å². The summed E-state index contributed by atoms with van der Waals surface area (Å²) in [5.41, 5.74) is 0.125. The van der Waals surface area contributed by atoms with E-state index >= 15 is 0 Å². The highest BCUT2D eigenvalue weighted by Gasteiger charge is 2.49. The molecule has 0 N–H and O–H groups in total. The zero-order chi connectivity index (χ0) is 23.9. The average molecular weight is 472 g/mol. The van der Waals surface area contributed by atoms with Crippen molar-refractivity contribution in [3.05, 3.63) is 68.7 Å². The highest BCUT2D eigenvalue weighted by Crippen LogP contribution is 2.36. The van der Waals surface area contributed by atoms with Gasteiger partial charge in [0.05, 0.1) is 29.7 Å². The van der Waals surface area contributed by atoms with Gasteiger partial charge in [0.2, 0.25) is 5.91 Å². The van der Waals surface area contributed by atoms with Crippen molar-refractivity contribution in [1.82, 2.24) is 4.90 Å². The molecule has 2 fully saturated rings. The molecule has 11 heteroatoms. The number of carbonyl (C=O) groups excluding carboxylic acids is 4. The SMILES string of the molecule is COC(=O)c1ccc(N2C(=O)CC(N(C(=O)c3ccc(Cl)c([N+](=O)[O-])c3)C3CC3)C2=O)cc1. The van der Waals surface area contributed by atoms with E-state index in [9.17, 15) is 29.3 Å². The Hall–Kier alpha value is -3.79. The molecule has 1 saturated heterocycles. The van der Waals surface area contributed by atoms with Crippen LogP contribution in [0.3, 0.4) is 0 Å². The van der Waals surface area contributed by atoms with Crippen LogP contribution in [-0.2, 0) is 14.3 Å². The largest absolute Gasteiger partial charge is 0.465 e. The molecule has 4 rings (SSSR count). The van der Waals surface area contributed by atoms with Crippen LogP contribution in [0.2, 0.25) is 5.02 Å². The number of hydrogen-bond donors (Lipinski definition) is 0. The maximum atomic E-state index is 13.3. The number of amides is 3. The molecule has 10 nitrogen and oxygen atoms in total. The lowest BCUT2D eigenvalue weighted by atomic mass is 10.1. The third-order valence-corrected chi connectivity index (χ3v) is 5.89. The van der Waals surface area contributed by atoms with Gasteiger partial charge in [0, 0.05) is 17.7 Å². The molecule has 1 aliphatic heterocycles. The molecule has 0 radical (unpaired) electrons. The topological polar surface area (TPSA) is 127 Å². The number of methoxy groups -OCH3 is 1. The molecule has 2 aromatic carbocycles. The van der Waals surface area contributed by atoms with E-state index in [0.717, 1.165) is 11.0 Å². The lowest BCUT2D eigenvalue weighted by Gasteiger charge is -2.27. The quantitative estimate of drug-likeness (QED) is 0.274. The second kappa shape index (κ2) is 8.62. The number of carbonyl (C=O) groups is 4. The summed E-state index contributed by atoms with van der Waals surface area (Å²) in [4.78, 5) is 63.7. The number of esters is 1. The minimum Gasteiger partial charge on any atom is -0.465 e. The summed E-state index contributed by atoms with van der Waals surface area (Å²) in [6.07, 6.45) is 1.11. The van der Waals surface area contributed by atoms with Crippen LogP contribution in [0.4, 0.5) is 11.4 Å². The first kappa shape index (κ1) is 22.4. The molecule has 0 bridgehead atoms. The Morgan fingerprint density at radius 2 is 1.76 bits per heavy atom. The smallest absolute Gasteiger partial charge is 0.337 e. The van der Waals surface area contributed by atoms with Crippen LogP contribution in [0.15, 0.2) is 42.5 Å². The predicted octanol–water partition coefficient (Wildman–Crippen LogP) is 2.97. The van der Waals surface area contributed by atoms with Crippen LogP contribution in [0.25, 0.3) is 0 Å². The van der Waals surface area contributed by atoms with Crippen LogP contribution in [-0.4, -0.2) is 52.7 Å². The first-order chi connectivity index (χ1) is 15.7. The lowest BCUT2D eigenvalue weighted by molar-refractivity contribution is -0.384. The van der Waals surface area contributed by atoms with Crippen molar-refractivity contribution < 1.29 is 28.8 Å². The number of halogens is 1. The molecule has 1 aliphatic carbocycles. The molecular formula is C22H18ClN3O7. The van der Waals surface area contributed by atoms with Gasteiger partial charge in [-0.25, -0.2) is 9.69 Å². The summed E-state index contributed by atoms with van der Waals surface area (Å²) in [7, 11) is 1.24. The highest BCUT2D eigenvalue weighted by atomic mass is 35.5. The minimum atomic E-state index is -1.03. The summed E-state index contributed by atoms with van der Waals surface area (Å²) >= 11 is 5.85. The van der Waals surface area contributed by atoms with Crippen molar-refractivity contribution >= 4 is 46.7 Å². The van der Waals surface area contributed by atoms with E-state index < -0.39 is 40.3 Å². The Morgan fingerprint density at radius 3 is 2.33 bits per heavy atom. The van der Waals surface area contributed by atoms with Crippen LogP contribution < -0.4 is 4.90 Å². The molecule has 0 aromatic heterocycles. The van der Waals surface area contributed by atoms with Crippen LogP contribution >= 0.6 is 11.6 Å². The highest BCUT2D eigenvalue weighted by molar-refractivity contribution is 6.32. The van der Waals surface area contributed by atoms with Gasteiger partial charge in [0.1, 0.15) is 11.1 Å². The molecule has 0 spiro atoms. The number of ether oxygens (including phenoxy) is 1. The molecule has 3 amide bonds. The van der Waals surface area contributed by atoms with E-state index in [1.807, 2.05) is 0 Å². The summed E-state index contributed by atoms with van der Waals surface area (Å²) in [6.45, 7) is 0. The van der Waals surface area contributed by atoms with E-state index in [1.54, 1.807) is 0 Å². The van der Waals surface area contributed by atoms with Crippen molar-refractivity contribution in [3.8, 4) is 0 Å². The van der Waals surface area contributed by atoms with E-state index in [4.69, 9.17) is 11.6 Å². The number of benzene rings is 2. The van der Waals surface area contributed by atoms with Crippen LogP contribution in [0, 0.1) is 10.1 Å². The molecule has 170 valence electrons. The van der Waals surface area contributed by atoms with Gasteiger partial charge in [0.15, 0.2) is 0 Å². The maximum Gasteiger partial charge on any atom is 0.337 e. The molecule has 1 heterocycles. The van der Waals surface area contributed by atoms with Gasteiger partial charge >= 0.3 is 5.97 Å². The second-order valence-electron chi connectivity index (χ2n) is 7.69. The third kappa shape index (κ3) is 4.17. The molecule has 33 heavy (non-hydrogen) atoms. The molecular weight excluding hydrogens is 454 g/mol. The van der Waals surface area contributed by atoms with Crippen molar-refractivity contribution in [2.24, 2.45) is 0 Å². The number of hydrogen-bond acceptors (Lipinski definition) is 7. The van der Waals surface area contributed by atoms with Crippen molar-refractivity contribution in [3.63, 3.8) is 0 Å². The summed E-state index contributed by atoms with van der Waals surface area (Å²) in [5.74, 6) is -2.20. The number of imide groups is 1. The third-order valence-electron chi connectivity index (χ3n) is 5.57. The number of nitro benzene ring substituents is 1. The Labute approximate surface area is 192 Å². The zero-order valence-corrected chi connectivity index (χ0v) is 18.2.